The van der Waals surface area contributed by atoms with Crippen LogP contribution in [0.1, 0.15) is 26.3 Å². The van der Waals surface area contributed by atoms with Crippen molar-refractivity contribution in [1.29, 1.82) is 0 Å². The van der Waals surface area contributed by atoms with Crippen molar-refractivity contribution in [2.75, 3.05) is 24.6 Å². The van der Waals surface area contributed by atoms with E-state index in [4.69, 9.17) is 10.5 Å². The van der Waals surface area contributed by atoms with Crippen LogP contribution in [-0.2, 0) is 11.2 Å². The molecule has 1 fully saturated rings. The number of hydrogen-bond donors (Lipinski definition) is 1. The second kappa shape index (κ2) is 5.47. The molecule has 0 bridgehead atoms. The van der Waals surface area contributed by atoms with Crippen LogP contribution in [0.15, 0.2) is 18.2 Å². The van der Waals surface area contributed by atoms with E-state index in [1.165, 1.54) is 6.07 Å². The summed E-state index contributed by atoms with van der Waals surface area (Å²) in [6.07, 6.45) is 0.555. The molecule has 2 N–H and O–H groups in total. The van der Waals surface area contributed by atoms with E-state index in [2.05, 4.69) is 18.7 Å². The summed E-state index contributed by atoms with van der Waals surface area (Å²) >= 11 is 0. The van der Waals surface area contributed by atoms with E-state index in [9.17, 15) is 4.39 Å². The Balaban J connectivity index is 2.30. The first-order valence-corrected chi connectivity index (χ1v) is 6.81. The van der Waals surface area contributed by atoms with Crippen LogP contribution in [0.5, 0.6) is 0 Å². The summed E-state index contributed by atoms with van der Waals surface area (Å²) in [5, 5.41) is 0. The number of benzene rings is 1. The predicted octanol–water partition coefficient (Wildman–Crippen LogP) is 2.33. The number of rotatable bonds is 3. The monoisotopic (exact) mass is 266 g/mol. The zero-order valence-electron chi connectivity index (χ0n) is 11.9. The van der Waals surface area contributed by atoms with E-state index in [1.807, 2.05) is 13.0 Å². The molecule has 106 valence electrons. The van der Waals surface area contributed by atoms with Crippen LogP contribution >= 0.6 is 0 Å². The molecule has 1 aliphatic heterocycles. The summed E-state index contributed by atoms with van der Waals surface area (Å²) in [5.41, 5.74) is 7.31. The van der Waals surface area contributed by atoms with Crippen LogP contribution in [0, 0.1) is 5.82 Å². The number of hydrogen-bond acceptors (Lipinski definition) is 3. The summed E-state index contributed by atoms with van der Waals surface area (Å²) in [6.45, 7) is 8.25. The van der Waals surface area contributed by atoms with E-state index in [1.54, 1.807) is 6.07 Å². The minimum Gasteiger partial charge on any atom is -0.372 e. The van der Waals surface area contributed by atoms with Gasteiger partial charge in [-0.25, -0.2) is 4.39 Å². The van der Waals surface area contributed by atoms with Crippen molar-refractivity contribution in [1.82, 2.24) is 0 Å². The Labute approximate surface area is 114 Å². The van der Waals surface area contributed by atoms with Crippen LogP contribution in [0.3, 0.4) is 0 Å². The molecule has 0 saturated carbocycles. The smallest absolute Gasteiger partial charge is 0.128 e. The largest absolute Gasteiger partial charge is 0.372 e. The Morgan fingerprint density at radius 3 is 2.84 bits per heavy atom. The quantitative estimate of drug-likeness (QED) is 0.912. The van der Waals surface area contributed by atoms with Crippen molar-refractivity contribution in [2.24, 2.45) is 5.73 Å². The lowest BCUT2D eigenvalue weighted by molar-refractivity contribution is -0.0277. The molecule has 19 heavy (non-hydrogen) atoms. The van der Waals surface area contributed by atoms with Crippen LogP contribution in [-0.4, -0.2) is 31.3 Å². The van der Waals surface area contributed by atoms with Crippen molar-refractivity contribution < 1.29 is 9.13 Å². The second-order valence-corrected chi connectivity index (χ2v) is 5.95. The molecule has 2 rings (SSSR count). The third-order valence-electron chi connectivity index (χ3n) is 3.39. The van der Waals surface area contributed by atoms with Crippen LogP contribution in [0.4, 0.5) is 10.1 Å². The van der Waals surface area contributed by atoms with Gasteiger partial charge in [0.25, 0.3) is 0 Å². The van der Waals surface area contributed by atoms with Crippen molar-refractivity contribution in [3.63, 3.8) is 0 Å². The average molecular weight is 266 g/mol. The molecule has 1 unspecified atom stereocenters. The topological polar surface area (TPSA) is 38.5 Å². The van der Waals surface area contributed by atoms with Gasteiger partial charge in [0.05, 0.1) is 12.2 Å². The Morgan fingerprint density at radius 1 is 1.47 bits per heavy atom. The lowest BCUT2D eigenvalue weighted by Gasteiger charge is -2.40. The highest BCUT2D eigenvalue weighted by Gasteiger charge is 2.28. The highest BCUT2D eigenvalue weighted by atomic mass is 19.1. The van der Waals surface area contributed by atoms with Crippen molar-refractivity contribution in [3.8, 4) is 0 Å². The van der Waals surface area contributed by atoms with E-state index < -0.39 is 0 Å². The van der Waals surface area contributed by atoms with Gasteiger partial charge in [0.2, 0.25) is 0 Å². The second-order valence-electron chi connectivity index (χ2n) is 5.95. The van der Waals surface area contributed by atoms with Gasteiger partial charge in [-0.2, -0.15) is 0 Å². The average Bonchev–Trinajstić information content (AvgIpc) is 2.30. The molecule has 1 aromatic rings. The summed E-state index contributed by atoms with van der Waals surface area (Å²) < 4.78 is 19.8. The minimum absolute atomic E-state index is 0.0512. The number of nitrogens with zero attached hydrogens (tertiary/aromatic N) is 1. The maximum absolute atomic E-state index is 14.0. The SMILES string of the molecule is CC(N)Cc1c(F)cccc1N1CCOC(C)(C)C1. The van der Waals surface area contributed by atoms with E-state index >= 15 is 0 Å². The molecule has 3 nitrogen and oxygen atoms in total. The van der Waals surface area contributed by atoms with Gasteiger partial charge in [-0.15, -0.1) is 0 Å². The molecule has 4 heteroatoms. The first-order valence-electron chi connectivity index (χ1n) is 6.81. The van der Waals surface area contributed by atoms with E-state index in [0.29, 0.717) is 13.0 Å². The summed E-state index contributed by atoms with van der Waals surface area (Å²) in [5.74, 6) is -0.168. The fraction of sp³-hybridized carbons (Fsp3) is 0.600. The molecule has 1 heterocycles. The van der Waals surface area contributed by atoms with Crippen molar-refractivity contribution in [2.45, 2.75) is 38.8 Å². The van der Waals surface area contributed by atoms with Crippen molar-refractivity contribution >= 4 is 5.69 Å². The van der Waals surface area contributed by atoms with Gasteiger partial charge in [-0.3, -0.25) is 0 Å². The molecule has 0 amide bonds. The number of halogens is 1. The summed E-state index contributed by atoms with van der Waals surface area (Å²) in [6, 6.07) is 5.19. The standard InChI is InChI=1S/C15H23FN2O/c1-11(17)9-12-13(16)5-4-6-14(12)18-7-8-19-15(2,3)10-18/h4-6,11H,7-10,17H2,1-3H3. The molecule has 1 aliphatic rings. The molecular weight excluding hydrogens is 243 g/mol. The molecule has 0 aromatic heterocycles. The highest BCUT2D eigenvalue weighted by molar-refractivity contribution is 5.55. The predicted molar refractivity (Wildman–Crippen MR) is 76.0 cm³/mol. The van der Waals surface area contributed by atoms with Crippen LogP contribution in [0.25, 0.3) is 0 Å². The van der Waals surface area contributed by atoms with E-state index in [-0.39, 0.29) is 17.5 Å². The van der Waals surface area contributed by atoms with Crippen LogP contribution < -0.4 is 10.6 Å². The van der Waals surface area contributed by atoms with Gasteiger partial charge in [-0.1, -0.05) is 6.07 Å². The third kappa shape index (κ3) is 3.45. The maximum Gasteiger partial charge on any atom is 0.128 e. The number of ether oxygens (including phenoxy) is 1. The normalized spacial score (nSPS) is 20.4. The fourth-order valence-corrected chi connectivity index (χ4v) is 2.59. The zero-order chi connectivity index (χ0) is 14.0. The molecule has 1 aromatic carbocycles. The molecule has 0 radical (unpaired) electrons. The lowest BCUT2D eigenvalue weighted by Crippen LogP contribution is -2.48. The minimum atomic E-state index is -0.198. The summed E-state index contributed by atoms with van der Waals surface area (Å²) in [4.78, 5) is 2.20. The number of morpholine rings is 1. The Kier molecular flexibility index (Phi) is 4.11. The third-order valence-corrected chi connectivity index (χ3v) is 3.39. The number of anilines is 1. The Bertz CT molecular complexity index is 446. The van der Waals surface area contributed by atoms with Gasteiger partial charge in [-0.05, 0) is 39.3 Å². The summed E-state index contributed by atoms with van der Waals surface area (Å²) in [7, 11) is 0. The van der Waals surface area contributed by atoms with Gasteiger partial charge >= 0.3 is 0 Å². The van der Waals surface area contributed by atoms with Gasteiger partial charge in [0.15, 0.2) is 0 Å². The Hall–Kier alpha value is -1.13. The van der Waals surface area contributed by atoms with E-state index in [0.717, 1.165) is 24.3 Å². The van der Waals surface area contributed by atoms with Gasteiger partial charge in [0.1, 0.15) is 5.82 Å². The lowest BCUT2D eigenvalue weighted by atomic mass is 10.0. The Morgan fingerprint density at radius 2 is 2.21 bits per heavy atom. The molecule has 1 saturated heterocycles. The molecule has 0 aliphatic carbocycles. The maximum atomic E-state index is 14.0. The van der Waals surface area contributed by atoms with Crippen LogP contribution in [0.2, 0.25) is 0 Å². The molecule has 0 spiro atoms. The van der Waals surface area contributed by atoms with Gasteiger partial charge in [0, 0.05) is 30.4 Å². The first kappa shape index (κ1) is 14.3. The first-order chi connectivity index (χ1) is 8.89. The number of nitrogens with two attached hydrogens (primary N) is 1. The molecule has 1 atom stereocenters. The molecular formula is C15H23FN2O. The fourth-order valence-electron chi connectivity index (χ4n) is 2.59. The zero-order valence-corrected chi connectivity index (χ0v) is 11.9. The van der Waals surface area contributed by atoms with Gasteiger partial charge < -0.3 is 15.4 Å². The highest BCUT2D eigenvalue weighted by Crippen LogP contribution is 2.28. The van der Waals surface area contributed by atoms with Crippen molar-refractivity contribution in [3.05, 3.63) is 29.6 Å².